The van der Waals surface area contributed by atoms with Crippen molar-refractivity contribution in [1.29, 1.82) is 0 Å². The van der Waals surface area contributed by atoms with E-state index >= 15 is 0 Å². The number of carbonyl (C=O) groups is 2. The van der Waals surface area contributed by atoms with Crippen molar-refractivity contribution in [3.8, 4) is 0 Å². The quantitative estimate of drug-likeness (QED) is 0.726. The van der Waals surface area contributed by atoms with Crippen molar-refractivity contribution in [2.75, 3.05) is 13.2 Å². The van der Waals surface area contributed by atoms with Crippen LogP contribution in [0.4, 0.5) is 0 Å². The van der Waals surface area contributed by atoms with E-state index in [1.807, 2.05) is 27.7 Å². The zero-order valence-corrected chi connectivity index (χ0v) is 12.9. The number of ether oxygens (including phenoxy) is 2. The minimum absolute atomic E-state index is 0.0663. The molecule has 5 nitrogen and oxygen atoms in total. The predicted molar refractivity (Wildman–Crippen MR) is 74.2 cm³/mol. The summed E-state index contributed by atoms with van der Waals surface area (Å²) < 4.78 is 11.0. The molecule has 0 spiro atoms. The Morgan fingerprint density at radius 1 is 1.30 bits per heavy atom. The highest BCUT2D eigenvalue weighted by atomic mass is 16.6. The molecule has 0 aliphatic carbocycles. The molecule has 0 aromatic rings. The molecule has 1 unspecified atom stereocenters. The molecule has 2 rings (SSSR count). The third-order valence-corrected chi connectivity index (χ3v) is 3.86. The minimum Gasteiger partial charge on any atom is -0.458 e. The number of nitrogens with zero attached hydrogens (tertiary/aromatic N) is 1. The Kier molecular flexibility index (Phi) is 4.09. The summed E-state index contributed by atoms with van der Waals surface area (Å²) in [6.07, 6.45) is 3.14. The standard InChI is InChI=1S/C15H25NO4/c1-14(2,3)20-12(17)11-7-5-9-16(11)13(18)15(4)8-6-10-19-15/h11H,5-10H2,1-4H3/t11-,15?/m0/s1. The van der Waals surface area contributed by atoms with Gasteiger partial charge in [0.05, 0.1) is 0 Å². The van der Waals surface area contributed by atoms with Crippen LogP contribution >= 0.6 is 0 Å². The first-order chi connectivity index (χ1) is 9.23. The van der Waals surface area contributed by atoms with Crippen molar-refractivity contribution in [3.05, 3.63) is 0 Å². The van der Waals surface area contributed by atoms with Crippen molar-refractivity contribution in [2.24, 2.45) is 0 Å². The molecular weight excluding hydrogens is 258 g/mol. The molecule has 5 heteroatoms. The fourth-order valence-electron chi connectivity index (χ4n) is 2.88. The summed E-state index contributed by atoms with van der Waals surface area (Å²) >= 11 is 0. The van der Waals surface area contributed by atoms with Crippen LogP contribution < -0.4 is 0 Å². The highest BCUT2D eigenvalue weighted by Crippen LogP contribution is 2.31. The van der Waals surface area contributed by atoms with Crippen LogP contribution in [0.2, 0.25) is 0 Å². The normalized spacial score (nSPS) is 30.6. The average molecular weight is 283 g/mol. The van der Waals surface area contributed by atoms with Crippen molar-refractivity contribution >= 4 is 11.9 Å². The van der Waals surface area contributed by atoms with Gasteiger partial charge in [-0.1, -0.05) is 0 Å². The van der Waals surface area contributed by atoms with Gasteiger partial charge < -0.3 is 14.4 Å². The van der Waals surface area contributed by atoms with Crippen LogP contribution in [0.5, 0.6) is 0 Å². The van der Waals surface area contributed by atoms with E-state index in [9.17, 15) is 9.59 Å². The zero-order valence-electron chi connectivity index (χ0n) is 12.9. The van der Waals surface area contributed by atoms with Gasteiger partial charge in [-0.25, -0.2) is 4.79 Å². The van der Waals surface area contributed by atoms with Gasteiger partial charge in [0.2, 0.25) is 0 Å². The topological polar surface area (TPSA) is 55.8 Å². The lowest BCUT2D eigenvalue weighted by molar-refractivity contribution is -0.167. The number of esters is 1. The van der Waals surface area contributed by atoms with E-state index in [1.165, 1.54) is 0 Å². The van der Waals surface area contributed by atoms with Crippen LogP contribution in [0.15, 0.2) is 0 Å². The van der Waals surface area contributed by atoms with Gasteiger partial charge in [0.25, 0.3) is 5.91 Å². The molecule has 2 aliphatic rings. The number of carbonyl (C=O) groups excluding carboxylic acids is 2. The van der Waals surface area contributed by atoms with E-state index in [1.54, 1.807) is 4.90 Å². The maximum Gasteiger partial charge on any atom is 0.329 e. The summed E-state index contributed by atoms with van der Waals surface area (Å²) in [4.78, 5) is 26.5. The van der Waals surface area contributed by atoms with Gasteiger partial charge in [0.1, 0.15) is 17.2 Å². The molecule has 2 saturated heterocycles. The second-order valence-electron chi connectivity index (χ2n) is 6.87. The lowest BCUT2D eigenvalue weighted by Gasteiger charge is -2.32. The van der Waals surface area contributed by atoms with E-state index in [4.69, 9.17) is 9.47 Å². The Hall–Kier alpha value is -1.10. The van der Waals surface area contributed by atoms with E-state index in [2.05, 4.69) is 0 Å². The molecule has 0 radical (unpaired) electrons. The Morgan fingerprint density at radius 2 is 2.00 bits per heavy atom. The highest BCUT2D eigenvalue weighted by Gasteiger charge is 2.46. The molecular formula is C15H25NO4. The smallest absolute Gasteiger partial charge is 0.329 e. The van der Waals surface area contributed by atoms with Crippen LogP contribution in [0.1, 0.15) is 53.4 Å². The maximum absolute atomic E-state index is 12.6. The first-order valence-corrected chi connectivity index (χ1v) is 7.41. The van der Waals surface area contributed by atoms with Crippen molar-refractivity contribution in [3.63, 3.8) is 0 Å². The van der Waals surface area contributed by atoms with Crippen LogP contribution in [0.3, 0.4) is 0 Å². The number of hydrogen-bond acceptors (Lipinski definition) is 4. The van der Waals surface area contributed by atoms with Crippen LogP contribution in [-0.4, -0.2) is 47.2 Å². The zero-order chi connectivity index (χ0) is 15.0. The second kappa shape index (κ2) is 5.35. The molecule has 2 aliphatic heterocycles. The van der Waals surface area contributed by atoms with Gasteiger partial charge in [-0.2, -0.15) is 0 Å². The molecule has 0 aromatic carbocycles. The fraction of sp³-hybridized carbons (Fsp3) is 0.867. The molecule has 0 bridgehead atoms. The molecule has 2 fully saturated rings. The predicted octanol–water partition coefficient (Wildman–Crippen LogP) is 1.89. The summed E-state index contributed by atoms with van der Waals surface area (Å²) in [5.41, 5.74) is -1.28. The summed E-state index contributed by atoms with van der Waals surface area (Å²) in [6, 6.07) is -0.456. The van der Waals surface area contributed by atoms with E-state index in [-0.39, 0.29) is 11.9 Å². The first-order valence-electron chi connectivity index (χ1n) is 7.41. The van der Waals surface area contributed by atoms with Crippen LogP contribution in [0.25, 0.3) is 0 Å². The van der Waals surface area contributed by atoms with E-state index in [0.717, 1.165) is 19.3 Å². The monoisotopic (exact) mass is 283 g/mol. The largest absolute Gasteiger partial charge is 0.458 e. The van der Waals surface area contributed by atoms with Gasteiger partial charge in [0.15, 0.2) is 0 Å². The van der Waals surface area contributed by atoms with Crippen LogP contribution in [0, 0.1) is 0 Å². The molecule has 0 aromatic heterocycles. The Balaban J connectivity index is 2.07. The maximum atomic E-state index is 12.6. The second-order valence-corrected chi connectivity index (χ2v) is 6.87. The SMILES string of the molecule is CC(C)(C)OC(=O)[C@@H]1CCCN1C(=O)C1(C)CCCO1. The van der Waals surface area contributed by atoms with Gasteiger partial charge >= 0.3 is 5.97 Å². The number of hydrogen-bond donors (Lipinski definition) is 0. The highest BCUT2D eigenvalue weighted by molar-refractivity contribution is 5.90. The van der Waals surface area contributed by atoms with E-state index < -0.39 is 17.2 Å². The minimum atomic E-state index is -0.759. The number of amides is 1. The van der Waals surface area contributed by atoms with Crippen molar-refractivity contribution in [2.45, 2.75) is 70.6 Å². The third-order valence-electron chi connectivity index (χ3n) is 3.86. The summed E-state index contributed by atoms with van der Waals surface area (Å²) in [5.74, 6) is -0.367. The molecule has 0 N–H and O–H groups in total. The van der Waals surface area contributed by atoms with Gasteiger partial charge in [0, 0.05) is 13.2 Å². The first kappa shape index (κ1) is 15.3. The average Bonchev–Trinajstić information content (AvgIpc) is 2.94. The molecule has 20 heavy (non-hydrogen) atoms. The Morgan fingerprint density at radius 3 is 2.55 bits per heavy atom. The molecule has 2 atom stereocenters. The van der Waals surface area contributed by atoms with Crippen molar-refractivity contribution < 1.29 is 19.1 Å². The molecule has 2 heterocycles. The number of likely N-dealkylation sites (tertiary alicyclic amines) is 1. The fourth-order valence-corrected chi connectivity index (χ4v) is 2.88. The Labute approximate surface area is 120 Å². The lowest BCUT2D eigenvalue weighted by Crippen LogP contribution is -2.51. The summed E-state index contributed by atoms with van der Waals surface area (Å²) in [7, 11) is 0. The van der Waals surface area contributed by atoms with Crippen LogP contribution in [-0.2, 0) is 19.1 Å². The van der Waals surface area contributed by atoms with E-state index in [0.29, 0.717) is 19.6 Å². The van der Waals surface area contributed by atoms with Gasteiger partial charge in [-0.3, -0.25) is 4.79 Å². The summed E-state index contributed by atoms with van der Waals surface area (Å²) in [5, 5.41) is 0. The summed E-state index contributed by atoms with van der Waals surface area (Å²) in [6.45, 7) is 8.58. The molecule has 0 saturated carbocycles. The van der Waals surface area contributed by atoms with Gasteiger partial charge in [-0.15, -0.1) is 0 Å². The van der Waals surface area contributed by atoms with Gasteiger partial charge in [-0.05, 0) is 53.4 Å². The number of rotatable bonds is 2. The van der Waals surface area contributed by atoms with Crippen molar-refractivity contribution in [1.82, 2.24) is 4.90 Å². The lowest BCUT2D eigenvalue weighted by atomic mass is 10.0. The third kappa shape index (κ3) is 3.14. The Bertz CT molecular complexity index is 393. The molecule has 114 valence electrons. The molecule has 1 amide bonds.